The highest BCUT2D eigenvalue weighted by molar-refractivity contribution is 6.31. The summed E-state index contributed by atoms with van der Waals surface area (Å²) in [4.78, 5) is 44.6. The van der Waals surface area contributed by atoms with Crippen LogP contribution in [0, 0.1) is 25.7 Å². The zero-order valence-corrected chi connectivity index (χ0v) is 18.1. The second-order valence-electron chi connectivity index (χ2n) is 9.10. The number of imide groups is 1. The highest BCUT2D eigenvalue weighted by atomic mass is 35.5. The van der Waals surface area contributed by atoms with Gasteiger partial charge in [0.2, 0.25) is 17.7 Å². The largest absolute Gasteiger partial charge is 0.324 e. The van der Waals surface area contributed by atoms with Crippen LogP contribution in [0.5, 0.6) is 0 Å². The van der Waals surface area contributed by atoms with Gasteiger partial charge in [0.15, 0.2) is 0 Å². The molecule has 4 aliphatic rings. The zero-order valence-electron chi connectivity index (χ0n) is 17.3. The lowest BCUT2D eigenvalue weighted by Gasteiger charge is -2.36. The zero-order chi connectivity index (χ0) is 21.7. The van der Waals surface area contributed by atoms with Crippen LogP contribution >= 0.6 is 11.6 Å². The number of aryl methyl sites for hydroxylation is 2. The summed E-state index contributed by atoms with van der Waals surface area (Å²) in [7, 11) is 0. The molecule has 7 heteroatoms. The number of amides is 3. The van der Waals surface area contributed by atoms with Crippen LogP contribution in [-0.4, -0.2) is 35.2 Å². The molecule has 3 saturated heterocycles. The highest BCUT2D eigenvalue weighted by Crippen LogP contribution is 2.60. The first-order valence-corrected chi connectivity index (χ1v) is 11.1. The third-order valence-electron chi connectivity index (χ3n) is 7.70. The second kappa shape index (κ2) is 6.17. The summed E-state index contributed by atoms with van der Waals surface area (Å²) in [5.41, 5.74) is 2.89. The Morgan fingerprint density at radius 1 is 1.03 bits per heavy atom. The Bertz CT molecular complexity index is 1190. The van der Waals surface area contributed by atoms with E-state index in [-0.39, 0.29) is 23.8 Å². The second-order valence-corrected chi connectivity index (χ2v) is 9.53. The van der Waals surface area contributed by atoms with Gasteiger partial charge in [-0.15, -0.1) is 0 Å². The minimum Gasteiger partial charge on any atom is -0.324 e. The maximum absolute atomic E-state index is 13.9. The van der Waals surface area contributed by atoms with Crippen LogP contribution in [-0.2, 0) is 19.9 Å². The third kappa shape index (κ3) is 2.19. The molecule has 4 heterocycles. The van der Waals surface area contributed by atoms with Gasteiger partial charge in [0.05, 0.1) is 17.5 Å². The van der Waals surface area contributed by atoms with Crippen molar-refractivity contribution in [2.75, 3.05) is 16.8 Å². The molecule has 0 radical (unpaired) electrons. The van der Waals surface area contributed by atoms with E-state index in [9.17, 15) is 14.4 Å². The Labute approximate surface area is 185 Å². The van der Waals surface area contributed by atoms with Crippen LogP contribution in [0.1, 0.15) is 29.5 Å². The lowest BCUT2D eigenvalue weighted by Crippen LogP contribution is -2.54. The molecule has 3 fully saturated rings. The Morgan fingerprint density at radius 2 is 1.84 bits per heavy atom. The number of hydrogen-bond donors (Lipinski definition) is 1. The smallest absolute Gasteiger partial charge is 0.250 e. The van der Waals surface area contributed by atoms with Gasteiger partial charge in [0.25, 0.3) is 0 Å². The Morgan fingerprint density at radius 3 is 2.61 bits per heavy atom. The summed E-state index contributed by atoms with van der Waals surface area (Å²) in [5.74, 6) is -2.02. The molecule has 0 saturated carbocycles. The van der Waals surface area contributed by atoms with Crippen LogP contribution in [0.4, 0.5) is 11.4 Å². The number of carbonyl (C=O) groups excluding carboxylic acids is 3. The van der Waals surface area contributed by atoms with Gasteiger partial charge in [-0.3, -0.25) is 19.3 Å². The minimum absolute atomic E-state index is 0.131. The van der Waals surface area contributed by atoms with E-state index in [1.165, 1.54) is 4.90 Å². The van der Waals surface area contributed by atoms with E-state index in [0.29, 0.717) is 28.5 Å². The Balaban J connectivity index is 1.56. The van der Waals surface area contributed by atoms with E-state index in [1.807, 2.05) is 32.0 Å². The molecule has 0 aliphatic carbocycles. The number of fused-ring (bicyclic) bond motifs is 7. The molecule has 4 atom stereocenters. The molecule has 1 N–H and O–H groups in total. The molecule has 0 unspecified atom stereocenters. The molecule has 6 rings (SSSR count). The molecule has 2 aromatic rings. The first kappa shape index (κ1) is 19.0. The van der Waals surface area contributed by atoms with Crippen LogP contribution in [0.3, 0.4) is 0 Å². The number of halogens is 1. The van der Waals surface area contributed by atoms with Gasteiger partial charge < -0.3 is 5.32 Å². The van der Waals surface area contributed by atoms with Crippen LogP contribution < -0.4 is 10.2 Å². The number of nitrogens with zero attached hydrogens (tertiary/aromatic N) is 2. The number of carbonyl (C=O) groups is 3. The van der Waals surface area contributed by atoms with Crippen LogP contribution in [0.15, 0.2) is 36.4 Å². The summed E-state index contributed by atoms with van der Waals surface area (Å²) in [5, 5.41) is 3.48. The van der Waals surface area contributed by atoms with Crippen LogP contribution in [0.25, 0.3) is 0 Å². The topological polar surface area (TPSA) is 69.7 Å². The SMILES string of the molecule is Cc1ccc(N2C(=O)[C@H]3[C@H]4CCCN4[C@]4(C(=O)Nc5ccc(Cl)cc54)[C@@H]3C2=O)cc1C. The number of hydrogen-bond acceptors (Lipinski definition) is 4. The van der Waals surface area contributed by atoms with Crippen molar-refractivity contribution in [3.8, 4) is 0 Å². The van der Waals surface area contributed by atoms with Gasteiger partial charge in [-0.2, -0.15) is 0 Å². The van der Waals surface area contributed by atoms with E-state index in [0.717, 1.165) is 24.0 Å². The molecule has 1 spiro atoms. The maximum Gasteiger partial charge on any atom is 0.250 e. The molecular weight excluding hydrogens is 414 g/mol. The predicted molar refractivity (Wildman–Crippen MR) is 117 cm³/mol. The van der Waals surface area contributed by atoms with E-state index >= 15 is 0 Å². The summed E-state index contributed by atoms with van der Waals surface area (Å²) in [6.07, 6.45) is 1.69. The average Bonchev–Trinajstić information content (AvgIpc) is 3.43. The van der Waals surface area contributed by atoms with E-state index in [2.05, 4.69) is 10.2 Å². The van der Waals surface area contributed by atoms with E-state index < -0.39 is 17.4 Å². The molecule has 2 aromatic carbocycles. The highest BCUT2D eigenvalue weighted by Gasteiger charge is 2.74. The van der Waals surface area contributed by atoms with Crippen molar-refractivity contribution in [2.45, 2.75) is 38.3 Å². The fourth-order valence-corrected chi connectivity index (χ4v) is 6.47. The predicted octanol–water partition coefficient (Wildman–Crippen LogP) is 3.39. The normalized spacial score (nSPS) is 31.4. The summed E-state index contributed by atoms with van der Waals surface area (Å²) < 4.78 is 0. The number of benzene rings is 2. The van der Waals surface area contributed by atoms with Crippen molar-refractivity contribution in [1.82, 2.24) is 4.90 Å². The first-order chi connectivity index (χ1) is 14.9. The van der Waals surface area contributed by atoms with Crippen molar-refractivity contribution < 1.29 is 14.4 Å². The lowest BCUT2D eigenvalue weighted by molar-refractivity contribution is -0.135. The third-order valence-corrected chi connectivity index (χ3v) is 7.94. The van der Waals surface area contributed by atoms with Gasteiger partial charge in [-0.05, 0) is 74.7 Å². The minimum atomic E-state index is -1.19. The maximum atomic E-state index is 13.9. The summed E-state index contributed by atoms with van der Waals surface area (Å²) in [6, 6.07) is 10.8. The van der Waals surface area contributed by atoms with Gasteiger partial charge in [0, 0.05) is 22.3 Å². The average molecular weight is 436 g/mol. The van der Waals surface area contributed by atoms with E-state index in [1.54, 1.807) is 18.2 Å². The molecule has 31 heavy (non-hydrogen) atoms. The molecule has 0 bridgehead atoms. The molecule has 4 aliphatic heterocycles. The van der Waals surface area contributed by atoms with Crippen molar-refractivity contribution in [3.05, 3.63) is 58.1 Å². The molecule has 0 aromatic heterocycles. The molecule has 6 nitrogen and oxygen atoms in total. The number of anilines is 2. The van der Waals surface area contributed by atoms with Gasteiger partial charge >= 0.3 is 0 Å². The van der Waals surface area contributed by atoms with Crippen molar-refractivity contribution >= 4 is 40.7 Å². The van der Waals surface area contributed by atoms with Crippen molar-refractivity contribution in [2.24, 2.45) is 11.8 Å². The first-order valence-electron chi connectivity index (χ1n) is 10.7. The fraction of sp³-hybridized carbons (Fsp3) is 0.375. The van der Waals surface area contributed by atoms with Crippen molar-refractivity contribution in [3.63, 3.8) is 0 Å². The Kier molecular flexibility index (Phi) is 3.79. The number of nitrogens with one attached hydrogen (secondary N) is 1. The monoisotopic (exact) mass is 435 g/mol. The van der Waals surface area contributed by atoms with Gasteiger partial charge in [0.1, 0.15) is 5.54 Å². The number of rotatable bonds is 1. The summed E-state index contributed by atoms with van der Waals surface area (Å²) in [6.45, 7) is 4.64. The quantitative estimate of drug-likeness (QED) is 0.697. The molecular formula is C24H22ClN3O3. The molecule has 3 amide bonds. The van der Waals surface area contributed by atoms with Gasteiger partial charge in [-0.1, -0.05) is 17.7 Å². The van der Waals surface area contributed by atoms with E-state index in [4.69, 9.17) is 11.6 Å². The Hall–Kier alpha value is -2.70. The molecule has 158 valence electrons. The fourth-order valence-electron chi connectivity index (χ4n) is 6.29. The van der Waals surface area contributed by atoms with Crippen LogP contribution in [0.2, 0.25) is 5.02 Å². The van der Waals surface area contributed by atoms with Gasteiger partial charge in [-0.25, -0.2) is 4.90 Å². The lowest BCUT2D eigenvalue weighted by atomic mass is 9.75. The summed E-state index contributed by atoms with van der Waals surface area (Å²) >= 11 is 6.32. The van der Waals surface area contributed by atoms with Crippen molar-refractivity contribution in [1.29, 1.82) is 0 Å². The standard InChI is InChI=1S/C24H22ClN3O3/c1-12-5-7-15(10-13(12)2)28-21(29)19-18-4-3-9-27(18)24(20(19)22(28)30)16-11-14(25)6-8-17(16)26-23(24)31/h5-8,10-11,18-20H,3-4,9H2,1-2H3,(H,26,31)/t18-,19+,20+,24+/m1/s1.